The number of aromatic nitrogens is 2. The maximum Gasteiger partial charge on any atom is 0.338 e. The lowest BCUT2D eigenvalue weighted by atomic mass is 10.0. The highest BCUT2D eigenvalue weighted by molar-refractivity contribution is 5.95. The number of nitrogens with one attached hydrogen (secondary N) is 1. The van der Waals surface area contributed by atoms with Crippen molar-refractivity contribution in [2.24, 2.45) is 7.05 Å². The summed E-state index contributed by atoms with van der Waals surface area (Å²) in [6.45, 7) is 5.38. The minimum absolute atomic E-state index is 0.156. The molecule has 1 N–H and O–H groups in total. The molecule has 1 amide bonds. The minimum atomic E-state index is -0.591. The highest BCUT2D eigenvalue weighted by Gasteiger charge is 2.19. The van der Waals surface area contributed by atoms with Crippen LogP contribution >= 0.6 is 0 Å². The van der Waals surface area contributed by atoms with Gasteiger partial charge in [-0.15, -0.1) is 0 Å². The van der Waals surface area contributed by atoms with Crippen LogP contribution in [-0.4, -0.2) is 27.8 Å². The van der Waals surface area contributed by atoms with Gasteiger partial charge in [-0.3, -0.25) is 14.3 Å². The Morgan fingerprint density at radius 2 is 1.67 bits per heavy atom. The van der Waals surface area contributed by atoms with Gasteiger partial charge in [0.15, 0.2) is 6.61 Å². The van der Waals surface area contributed by atoms with Crippen LogP contribution in [0.4, 0.5) is 5.69 Å². The number of para-hydroxylation sites is 1. The number of anilines is 1. The standard InChI is InChI=1S/C23H25N3O4/c1-15(2)17-10-12-18(13-11-17)23(29)30-14-20(27)24-21-16(3)25(4)26(22(21)28)19-8-6-5-7-9-19/h5-13,15H,14H2,1-4H3,(H,24,27). The van der Waals surface area contributed by atoms with E-state index in [0.29, 0.717) is 22.9 Å². The number of esters is 1. The first-order chi connectivity index (χ1) is 14.3. The SMILES string of the molecule is Cc1c(NC(=O)COC(=O)c2ccc(C(C)C)cc2)c(=O)n(-c2ccccc2)n1C. The summed E-state index contributed by atoms with van der Waals surface area (Å²) < 4.78 is 8.23. The van der Waals surface area contributed by atoms with Crippen molar-refractivity contribution < 1.29 is 14.3 Å². The van der Waals surface area contributed by atoms with E-state index in [9.17, 15) is 14.4 Å². The van der Waals surface area contributed by atoms with Crippen molar-refractivity contribution >= 4 is 17.6 Å². The van der Waals surface area contributed by atoms with Crippen LogP contribution in [0.2, 0.25) is 0 Å². The molecule has 30 heavy (non-hydrogen) atoms. The smallest absolute Gasteiger partial charge is 0.338 e. The number of carbonyl (C=O) groups excluding carboxylic acids is 2. The van der Waals surface area contributed by atoms with Gasteiger partial charge in [0, 0.05) is 7.05 Å². The highest BCUT2D eigenvalue weighted by atomic mass is 16.5. The van der Waals surface area contributed by atoms with E-state index >= 15 is 0 Å². The highest BCUT2D eigenvalue weighted by Crippen LogP contribution is 2.16. The third kappa shape index (κ3) is 4.35. The van der Waals surface area contributed by atoms with Crippen molar-refractivity contribution in [1.29, 1.82) is 0 Å². The molecule has 0 unspecified atom stereocenters. The molecule has 0 saturated heterocycles. The first kappa shape index (κ1) is 21.1. The number of carbonyl (C=O) groups is 2. The summed E-state index contributed by atoms with van der Waals surface area (Å²) in [6.07, 6.45) is 0. The van der Waals surface area contributed by atoms with Gasteiger partial charge in [-0.2, -0.15) is 0 Å². The van der Waals surface area contributed by atoms with Crippen molar-refractivity contribution in [3.05, 3.63) is 81.8 Å². The summed E-state index contributed by atoms with van der Waals surface area (Å²) in [4.78, 5) is 37.3. The van der Waals surface area contributed by atoms with Gasteiger partial charge in [-0.1, -0.05) is 44.2 Å². The lowest BCUT2D eigenvalue weighted by Gasteiger charge is -2.08. The van der Waals surface area contributed by atoms with Crippen LogP contribution < -0.4 is 10.9 Å². The summed E-state index contributed by atoms with van der Waals surface area (Å²) >= 11 is 0. The molecule has 0 spiro atoms. The van der Waals surface area contributed by atoms with Gasteiger partial charge >= 0.3 is 5.97 Å². The van der Waals surface area contributed by atoms with Crippen molar-refractivity contribution in [2.45, 2.75) is 26.7 Å². The Balaban J connectivity index is 1.68. The number of ether oxygens (including phenoxy) is 1. The van der Waals surface area contributed by atoms with Gasteiger partial charge in [0.05, 0.1) is 16.9 Å². The van der Waals surface area contributed by atoms with E-state index in [1.165, 1.54) is 4.68 Å². The van der Waals surface area contributed by atoms with Gasteiger partial charge in [-0.05, 0) is 42.7 Å². The lowest BCUT2D eigenvalue weighted by Crippen LogP contribution is -2.25. The summed E-state index contributed by atoms with van der Waals surface area (Å²) in [5.74, 6) is -0.810. The Morgan fingerprint density at radius 3 is 2.27 bits per heavy atom. The van der Waals surface area contributed by atoms with Crippen LogP contribution in [0.15, 0.2) is 59.4 Å². The van der Waals surface area contributed by atoms with Crippen LogP contribution in [0, 0.1) is 6.92 Å². The molecule has 3 aromatic rings. The number of hydrogen-bond acceptors (Lipinski definition) is 4. The second kappa shape index (κ2) is 8.82. The average molecular weight is 407 g/mol. The zero-order valence-corrected chi connectivity index (χ0v) is 17.5. The second-order valence-electron chi connectivity index (χ2n) is 7.34. The average Bonchev–Trinajstić information content (AvgIpc) is 2.95. The molecule has 1 heterocycles. The quantitative estimate of drug-likeness (QED) is 0.635. The number of rotatable bonds is 6. The van der Waals surface area contributed by atoms with Crippen molar-refractivity contribution in [3.63, 3.8) is 0 Å². The normalized spacial score (nSPS) is 10.8. The fraction of sp³-hybridized carbons (Fsp3) is 0.261. The van der Waals surface area contributed by atoms with Crippen molar-refractivity contribution in [1.82, 2.24) is 9.36 Å². The third-order valence-electron chi connectivity index (χ3n) is 4.97. The fourth-order valence-electron chi connectivity index (χ4n) is 3.11. The summed E-state index contributed by atoms with van der Waals surface area (Å²) in [5, 5.41) is 2.57. The third-order valence-corrected chi connectivity index (χ3v) is 4.97. The molecule has 1 aromatic heterocycles. The molecular formula is C23H25N3O4. The van der Waals surface area contributed by atoms with Crippen LogP contribution in [0.5, 0.6) is 0 Å². The fourth-order valence-corrected chi connectivity index (χ4v) is 3.11. The molecule has 0 saturated carbocycles. The molecule has 2 aromatic carbocycles. The van der Waals surface area contributed by atoms with E-state index in [2.05, 4.69) is 19.2 Å². The minimum Gasteiger partial charge on any atom is -0.452 e. The number of nitrogens with zero attached hydrogens (tertiary/aromatic N) is 2. The Kier molecular flexibility index (Phi) is 6.20. The number of benzene rings is 2. The molecule has 7 nitrogen and oxygen atoms in total. The molecule has 0 aliphatic heterocycles. The predicted molar refractivity (Wildman–Crippen MR) is 115 cm³/mol. The summed E-state index contributed by atoms with van der Waals surface area (Å²) in [7, 11) is 1.74. The molecule has 156 valence electrons. The summed E-state index contributed by atoms with van der Waals surface area (Å²) in [6, 6.07) is 16.2. The molecule has 0 bridgehead atoms. The second-order valence-corrected chi connectivity index (χ2v) is 7.34. The van der Waals surface area contributed by atoms with E-state index in [4.69, 9.17) is 4.74 Å². The Labute approximate surface area is 174 Å². The maximum absolute atomic E-state index is 12.8. The van der Waals surface area contributed by atoms with Gasteiger partial charge < -0.3 is 10.1 Å². The van der Waals surface area contributed by atoms with Crippen LogP contribution in [-0.2, 0) is 16.6 Å². The molecule has 7 heteroatoms. The number of amides is 1. The molecule has 0 aliphatic carbocycles. The van der Waals surface area contributed by atoms with E-state index < -0.39 is 18.5 Å². The van der Waals surface area contributed by atoms with E-state index in [0.717, 1.165) is 5.56 Å². The first-order valence-electron chi connectivity index (χ1n) is 9.70. The van der Waals surface area contributed by atoms with Gasteiger partial charge in [0.2, 0.25) is 0 Å². The van der Waals surface area contributed by atoms with Crippen LogP contribution in [0.1, 0.15) is 41.4 Å². The summed E-state index contributed by atoms with van der Waals surface area (Å²) in [5.41, 5.74) is 2.56. The predicted octanol–water partition coefficient (Wildman–Crippen LogP) is 3.40. The van der Waals surface area contributed by atoms with Crippen LogP contribution in [0.3, 0.4) is 0 Å². The molecule has 0 fully saturated rings. The van der Waals surface area contributed by atoms with Crippen LogP contribution in [0.25, 0.3) is 5.69 Å². The first-order valence-corrected chi connectivity index (χ1v) is 9.70. The monoisotopic (exact) mass is 407 g/mol. The van der Waals surface area contributed by atoms with E-state index in [1.807, 2.05) is 30.3 Å². The molecule has 0 aliphatic rings. The van der Waals surface area contributed by atoms with Gasteiger partial charge in [0.1, 0.15) is 5.69 Å². The van der Waals surface area contributed by atoms with Gasteiger partial charge in [0.25, 0.3) is 11.5 Å². The van der Waals surface area contributed by atoms with E-state index in [-0.39, 0.29) is 11.2 Å². The topological polar surface area (TPSA) is 82.3 Å². The number of hydrogen-bond donors (Lipinski definition) is 1. The molecular weight excluding hydrogens is 382 g/mol. The van der Waals surface area contributed by atoms with Crippen molar-refractivity contribution in [2.75, 3.05) is 11.9 Å². The van der Waals surface area contributed by atoms with Gasteiger partial charge in [-0.25, -0.2) is 9.48 Å². The molecule has 0 atom stereocenters. The Bertz CT molecular complexity index is 1110. The van der Waals surface area contributed by atoms with E-state index in [1.54, 1.807) is 42.9 Å². The zero-order valence-electron chi connectivity index (χ0n) is 17.5. The largest absolute Gasteiger partial charge is 0.452 e. The lowest BCUT2D eigenvalue weighted by molar-refractivity contribution is -0.119. The Hall–Kier alpha value is -3.61. The molecule has 3 rings (SSSR count). The van der Waals surface area contributed by atoms with Crippen molar-refractivity contribution in [3.8, 4) is 5.69 Å². The zero-order chi connectivity index (χ0) is 21.8. The maximum atomic E-state index is 12.8. The Morgan fingerprint density at radius 1 is 1.03 bits per heavy atom. The molecule has 0 radical (unpaired) electrons.